The number of hydrogen-bond acceptors (Lipinski definition) is 4. The molecule has 0 unspecified atom stereocenters. The van der Waals surface area contributed by atoms with Gasteiger partial charge in [-0.15, -0.1) is 5.10 Å². The van der Waals surface area contributed by atoms with E-state index in [1.807, 2.05) is 26.0 Å². The number of aryl methyl sites for hydroxylation is 1. The summed E-state index contributed by atoms with van der Waals surface area (Å²) in [6.07, 6.45) is 1.50. The van der Waals surface area contributed by atoms with Crippen molar-refractivity contribution in [3.63, 3.8) is 0 Å². The molecule has 0 radical (unpaired) electrons. The molecule has 1 heterocycles. The number of halogens is 1. The molecule has 1 N–H and O–H groups in total. The van der Waals surface area contributed by atoms with Crippen LogP contribution in [0.3, 0.4) is 0 Å². The van der Waals surface area contributed by atoms with Gasteiger partial charge in [0.15, 0.2) is 0 Å². The van der Waals surface area contributed by atoms with Crippen molar-refractivity contribution in [3.8, 4) is 5.69 Å². The predicted octanol–water partition coefficient (Wildman–Crippen LogP) is 3.16. The van der Waals surface area contributed by atoms with Gasteiger partial charge in [-0.05, 0) is 59.7 Å². The molecule has 0 aliphatic heterocycles. The highest BCUT2D eigenvalue weighted by Crippen LogP contribution is 2.19. The van der Waals surface area contributed by atoms with Gasteiger partial charge < -0.3 is 10.2 Å². The fourth-order valence-electron chi connectivity index (χ4n) is 2.59. The molecule has 0 aliphatic rings. The standard InChI is InChI=1S/C18H19FN6O/c1-3-24(11-14-5-4-6-15(19)9-14)18(26)21-16-8-7-13(2)17(10-16)25-12-20-22-23-25/h4-10,12H,3,11H2,1-2H3,(H,21,26). The number of hydrogen-bond donors (Lipinski definition) is 1. The quantitative estimate of drug-likeness (QED) is 0.764. The first-order chi connectivity index (χ1) is 12.6. The zero-order valence-corrected chi connectivity index (χ0v) is 14.6. The van der Waals surface area contributed by atoms with Gasteiger partial charge in [-0.25, -0.2) is 13.9 Å². The number of aromatic nitrogens is 4. The van der Waals surface area contributed by atoms with E-state index in [-0.39, 0.29) is 11.8 Å². The summed E-state index contributed by atoms with van der Waals surface area (Å²) in [5.41, 5.74) is 3.12. The zero-order valence-electron chi connectivity index (χ0n) is 14.6. The summed E-state index contributed by atoms with van der Waals surface area (Å²) in [5.74, 6) is -0.316. The van der Waals surface area contributed by atoms with Crippen molar-refractivity contribution >= 4 is 11.7 Å². The molecule has 0 fully saturated rings. The van der Waals surface area contributed by atoms with E-state index in [0.29, 0.717) is 18.8 Å². The highest BCUT2D eigenvalue weighted by atomic mass is 19.1. The summed E-state index contributed by atoms with van der Waals surface area (Å²) in [6.45, 7) is 4.63. The summed E-state index contributed by atoms with van der Waals surface area (Å²) in [7, 11) is 0. The van der Waals surface area contributed by atoms with Gasteiger partial charge in [0.1, 0.15) is 12.1 Å². The highest BCUT2D eigenvalue weighted by Gasteiger charge is 2.14. The van der Waals surface area contributed by atoms with Crippen LogP contribution in [0.1, 0.15) is 18.1 Å². The van der Waals surface area contributed by atoms with E-state index >= 15 is 0 Å². The Morgan fingerprint density at radius 3 is 2.81 bits per heavy atom. The smallest absolute Gasteiger partial charge is 0.320 e. The second kappa shape index (κ2) is 7.73. The molecule has 3 aromatic rings. The fraction of sp³-hybridized carbons (Fsp3) is 0.222. The Morgan fingerprint density at radius 2 is 2.12 bits per heavy atom. The Kier molecular flexibility index (Phi) is 5.21. The number of urea groups is 1. The lowest BCUT2D eigenvalue weighted by atomic mass is 10.2. The first-order valence-corrected chi connectivity index (χ1v) is 8.21. The number of rotatable bonds is 5. The van der Waals surface area contributed by atoms with Crippen LogP contribution in [-0.2, 0) is 6.54 Å². The summed E-state index contributed by atoms with van der Waals surface area (Å²) in [6, 6.07) is 11.5. The molecule has 8 heteroatoms. The maximum atomic E-state index is 13.3. The molecule has 0 spiro atoms. The minimum absolute atomic E-state index is 0.261. The minimum Gasteiger partial charge on any atom is -0.320 e. The summed E-state index contributed by atoms with van der Waals surface area (Å²) in [5, 5.41) is 14.0. The highest BCUT2D eigenvalue weighted by molar-refractivity contribution is 5.89. The van der Waals surface area contributed by atoms with Crippen molar-refractivity contribution in [2.45, 2.75) is 20.4 Å². The van der Waals surface area contributed by atoms with E-state index < -0.39 is 0 Å². The minimum atomic E-state index is -0.316. The lowest BCUT2D eigenvalue weighted by Gasteiger charge is -2.22. The van der Waals surface area contributed by atoms with Crippen LogP contribution in [0.4, 0.5) is 14.9 Å². The van der Waals surface area contributed by atoms with E-state index in [2.05, 4.69) is 20.8 Å². The maximum Gasteiger partial charge on any atom is 0.322 e. The van der Waals surface area contributed by atoms with Gasteiger partial charge in [0.2, 0.25) is 0 Å². The van der Waals surface area contributed by atoms with Crippen molar-refractivity contribution in [2.24, 2.45) is 0 Å². The molecular weight excluding hydrogens is 335 g/mol. The molecule has 2 amide bonds. The monoisotopic (exact) mass is 354 g/mol. The second-order valence-corrected chi connectivity index (χ2v) is 5.83. The van der Waals surface area contributed by atoms with Crippen LogP contribution >= 0.6 is 0 Å². The van der Waals surface area contributed by atoms with E-state index in [1.165, 1.54) is 23.1 Å². The molecule has 0 bridgehead atoms. The number of tetrazole rings is 1. The average Bonchev–Trinajstić information content (AvgIpc) is 3.15. The molecule has 134 valence electrons. The van der Waals surface area contributed by atoms with Gasteiger partial charge in [0.05, 0.1) is 5.69 Å². The molecule has 0 saturated heterocycles. The van der Waals surface area contributed by atoms with Gasteiger partial charge in [-0.1, -0.05) is 18.2 Å². The van der Waals surface area contributed by atoms with E-state index in [4.69, 9.17) is 0 Å². The van der Waals surface area contributed by atoms with Crippen LogP contribution in [0.2, 0.25) is 0 Å². The largest absolute Gasteiger partial charge is 0.322 e. The van der Waals surface area contributed by atoms with Crippen LogP contribution in [-0.4, -0.2) is 37.7 Å². The number of nitrogens with one attached hydrogen (secondary N) is 1. The maximum absolute atomic E-state index is 13.3. The van der Waals surface area contributed by atoms with E-state index in [9.17, 15) is 9.18 Å². The Bertz CT molecular complexity index is 896. The van der Waals surface area contributed by atoms with Crippen LogP contribution in [0, 0.1) is 12.7 Å². The number of anilines is 1. The Labute approximate surface area is 150 Å². The predicted molar refractivity (Wildman–Crippen MR) is 95.4 cm³/mol. The van der Waals surface area contributed by atoms with Gasteiger partial charge in [-0.2, -0.15) is 0 Å². The molecule has 3 rings (SSSR count). The van der Waals surface area contributed by atoms with Crippen molar-refractivity contribution < 1.29 is 9.18 Å². The topological polar surface area (TPSA) is 75.9 Å². The first kappa shape index (κ1) is 17.5. The third-order valence-electron chi connectivity index (χ3n) is 3.99. The molecule has 26 heavy (non-hydrogen) atoms. The number of carbonyl (C=O) groups excluding carboxylic acids is 1. The van der Waals surface area contributed by atoms with Crippen molar-refractivity contribution in [1.82, 2.24) is 25.1 Å². The average molecular weight is 354 g/mol. The van der Waals surface area contributed by atoms with E-state index in [0.717, 1.165) is 16.8 Å². The lowest BCUT2D eigenvalue weighted by molar-refractivity contribution is 0.212. The molecule has 0 atom stereocenters. The Hall–Kier alpha value is -3.29. The summed E-state index contributed by atoms with van der Waals surface area (Å²) < 4.78 is 14.9. The van der Waals surface area contributed by atoms with Gasteiger partial charge >= 0.3 is 6.03 Å². The Morgan fingerprint density at radius 1 is 1.27 bits per heavy atom. The number of carbonyl (C=O) groups is 1. The lowest BCUT2D eigenvalue weighted by Crippen LogP contribution is -2.34. The molecule has 2 aromatic carbocycles. The van der Waals surface area contributed by atoms with Crippen molar-refractivity contribution in [3.05, 3.63) is 65.7 Å². The van der Waals surface area contributed by atoms with Crippen molar-refractivity contribution in [1.29, 1.82) is 0 Å². The molecular formula is C18H19FN6O. The fourth-order valence-corrected chi connectivity index (χ4v) is 2.59. The number of benzene rings is 2. The number of amides is 2. The third-order valence-corrected chi connectivity index (χ3v) is 3.99. The third kappa shape index (κ3) is 4.02. The van der Waals surface area contributed by atoms with E-state index in [1.54, 1.807) is 23.1 Å². The van der Waals surface area contributed by atoms with Gasteiger partial charge in [0.25, 0.3) is 0 Å². The summed E-state index contributed by atoms with van der Waals surface area (Å²) in [4.78, 5) is 14.2. The molecule has 0 aliphatic carbocycles. The van der Waals surface area contributed by atoms with Crippen LogP contribution < -0.4 is 5.32 Å². The van der Waals surface area contributed by atoms with Crippen LogP contribution in [0.5, 0.6) is 0 Å². The second-order valence-electron chi connectivity index (χ2n) is 5.83. The zero-order chi connectivity index (χ0) is 18.5. The van der Waals surface area contributed by atoms with Gasteiger partial charge in [-0.3, -0.25) is 0 Å². The normalized spacial score (nSPS) is 10.6. The molecule has 1 aromatic heterocycles. The molecule has 0 saturated carbocycles. The van der Waals surface area contributed by atoms with Crippen molar-refractivity contribution in [2.75, 3.05) is 11.9 Å². The van der Waals surface area contributed by atoms with Crippen LogP contribution in [0.25, 0.3) is 5.69 Å². The first-order valence-electron chi connectivity index (χ1n) is 8.21. The Balaban J connectivity index is 1.75. The SMILES string of the molecule is CCN(Cc1cccc(F)c1)C(=O)Nc1ccc(C)c(-n2cnnn2)c1. The van der Waals surface area contributed by atoms with Crippen LogP contribution in [0.15, 0.2) is 48.8 Å². The number of nitrogens with zero attached hydrogens (tertiary/aromatic N) is 5. The summed E-state index contributed by atoms with van der Waals surface area (Å²) >= 11 is 0. The molecule has 7 nitrogen and oxygen atoms in total. The van der Waals surface area contributed by atoms with Gasteiger partial charge in [0, 0.05) is 18.8 Å².